The lowest BCUT2D eigenvalue weighted by atomic mass is 10.1. The van der Waals surface area contributed by atoms with Crippen molar-refractivity contribution in [3.63, 3.8) is 0 Å². The number of urea groups is 1. The molecular weight excluding hydrogens is 304 g/mol. The number of nitrogens with zero attached hydrogens (tertiary/aromatic N) is 3. The summed E-state index contributed by atoms with van der Waals surface area (Å²) in [6.45, 7) is 1.22. The highest BCUT2D eigenvalue weighted by Crippen LogP contribution is 2.27. The minimum absolute atomic E-state index is 0.310. The van der Waals surface area contributed by atoms with E-state index in [0.29, 0.717) is 11.6 Å². The number of amides is 3. The van der Waals surface area contributed by atoms with Crippen molar-refractivity contribution in [2.75, 3.05) is 6.54 Å². The fourth-order valence-electron chi connectivity index (χ4n) is 2.59. The van der Waals surface area contributed by atoms with E-state index in [9.17, 15) is 9.59 Å². The number of halogens is 1. The van der Waals surface area contributed by atoms with E-state index < -0.39 is 6.04 Å². The third kappa shape index (κ3) is 2.96. The topological polar surface area (TPSA) is 67.2 Å². The Morgan fingerprint density at radius 3 is 2.86 bits per heavy atom. The highest BCUT2D eigenvalue weighted by Gasteiger charge is 2.38. The van der Waals surface area contributed by atoms with Crippen LogP contribution in [0.2, 0.25) is 5.02 Å². The molecule has 3 amide bonds. The van der Waals surface area contributed by atoms with Gasteiger partial charge >= 0.3 is 6.03 Å². The molecule has 0 aliphatic carbocycles. The van der Waals surface area contributed by atoms with E-state index in [-0.39, 0.29) is 11.9 Å². The van der Waals surface area contributed by atoms with E-state index in [2.05, 4.69) is 10.3 Å². The maximum atomic E-state index is 12.1. The summed E-state index contributed by atoms with van der Waals surface area (Å²) in [6, 6.07) is 6.06. The Morgan fingerprint density at radius 2 is 2.14 bits per heavy atom. The zero-order valence-electron chi connectivity index (χ0n) is 11.8. The predicted molar refractivity (Wildman–Crippen MR) is 81.3 cm³/mol. The number of nitrogens with one attached hydrogen (secondary N) is 1. The summed E-state index contributed by atoms with van der Waals surface area (Å²) in [7, 11) is 0. The standard InChI is InChI=1S/C15H15ClN4O2/c16-12-4-1-3-11(9-12)13-14(21)18-15(22)20(13)7-2-6-19-8-5-17-10-19/h1,3-5,8-10,13H,2,6-7H2,(H,18,21,22). The van der Waals surface area contributed by atoms with Gasteiger partial charge in [-0.2, -0.15) is 0 Å². The van der Waals surface area contributed by atoms with Crippen LogP contribution in [0.4, 0.5) is 4.79 Å². The van der Waals surface area contributed by atoms with E-state index in [4.69, 9.17) is 11.6 Å². The molecule has 1 aromatic heterocycles. The van der Waals surface area contributed by atoms with E-state index in [1.807, 2.05) is 10.8 Å². The minimum atomic E-state index is -0.617. The van der Waals surface area contributed by atoms with Crippen LogP contribution in [-0.4, -0.2) is 32.9 Å². The second kappa shape index (κ2) is 6.19. The second-order valence-electron chi connectivity index (χ2n) is 5.10. The van der Waals surface area contributed by atoms with E-state index in [1.54, 1.807) is 41.7 Å². The molecule has 1 fully saturated rings. The van der Waals surface area contributed by atoms with Gasteiger partial charge in [-0.05, 0) is 24.1 Å². The predicted octanol–water partition coefficient (Wildman–Crippen LogP) is 2.22. The zero-order valence-corrected chi connectivity index (χ0v) is 12.5. The Bertz CT molecular complexity index is 687. The van der Waals surface area contributed by atoms with Crippen molar-refractivity contribution < 1.29 is 9.59 Å². The highest BCUT2D eigenvalue weighted by molar-refractivity contribution is 6.30. The molecule has 7 heteroatoms. The molecule has 2 heterocycles. The summed E-state index contributed by atoms with van der Waals surface area (Å²) in [5.74, 6) is -0.310. The van der Waals surface area contributed by atoms with Gasteiger partial charge in [-0.15, -0.1) is 0 Å². The van der Waals surface area contributed by atoms with Crippen LogP contribution < -0.4 is 5.32 Å². The van der Waals surface area contributed by atoms with Crippen LogP contribution in [0.15, 0.2) is 43.0 Å². The van der Waals surface area contributed by atoms with E-state index in [0.717, 1.165) is 18.5 Å². The average Bonchev–Trinajstić information content (AvgIpc) is 3.08. The van der Waals surface area contributed by atoms with Crippen LogP contribution in [0.25, 0.3) is 0 Å². The molecule has 0 spiro atoms. The van der Waals surface area contributed by atoms with Crippen LogP contribution in [0, 0.1) is 0 Å². The van der Waals surface area contributed by atoms with Gasteiger partial charge in [0.05, 0.1) is 6.33 Å². The fourth-order valence-corrected chi connectivity index (χ4v) is 2.78. The number of benzene rings is 1. The lowest BCUT2D eigenvalue weighted by Crippen LogP contribution is -2.31. The van der Waals surface area contributed by atoms with Gasteiger partial charge in [0.25, 0.3) is 5.91 Å². The number of aryl methyl sites for hydroxylation is 1. The lowest BCUT2D eigenvalue weighted by Gasteiger charge is -2.22. The molecule has 1 atom stereocenters. The zero-order chi connectivity index (χ0) is 15.5. The Hall–Kier alpha value is -2.34. The quantitative estimate of drug-likeness (QED) is 0.860. The van der Waals surface area contributed by atoms with Crippen molar-refractivity contribution in [2.45, 2.75) is 19.0 Å². The van der Waals surface area contributed by atoms with Gasteiger partial charge in [0, 0.05) is 30.5 Å². The van der Waals surface area contributed by atoms with Crippen molar-refractivity contribution in [3.8, 4) is 0 Å². The van der Waals surface area contributed by atoms with Crippen LogP contribution in [0.5, 0.6) is 0 Å². The molecule has 6 nitrogen and oxygen atoms in total. The van der Waals surface area contributed by atoms with Crippen LogP contribution >= 0.6 is 11.6 Å². The molecule has 1 aliphatic heterocycles. The van der Waals surface area contributed by atoms with Crippen molar-refractivity contribution in [1.29, 1.82) is 0 Å². The summed E-state index contributed by atoms with van der Waals surface area (Å²) >= 11 is 5.98. The van der Waals surface area contributed by atoms with Gasteiger partial charge in [-0.3, -0.25) is 10.1 Å². The number of rotatable bonds is 5. The summed E-state index contributed by atoms with van der Waals surface area (Å²) in [5.41, 5.74) is 0.721. The third-order valence-electron chi connectivity index (χ3n) is 3.59. The Balaban J connectivity index is 1.72. The molecule has 1 aromatic carbocycles. The van der Waals surface area contributed by atoms with Gasteiger partial charge in [0.15, 0.2) is 0 Å². The van der Waals surface area contributed by atoms with E-state index in [1.165, 1.54) is 0 Å². The van der Waals surface area contributed by atoms with Crippen molar-refractivity contribution in [3.05, 3.63) is 53.6 Å². The first-order chi connectivity index (χ1) is 10.6. The summed E-state index contributed by atoms with van der Waals surface area (Å²) < 4.78 is 1.93. The number of hydrogen-bond acceptors (Lipinski definition) is 3. The monoisotopic (exact) mass is 318 g/mol. The molecule has 1 aliphatic rings. The first-order valence-electron chi connectivity index (χ1n) is 6.98. The molecule has 114 valence electrons. The van der Waals surface area contributed by atoms with Crippen LogP contribution in [-0.2, 0) is 11.3 Å². The van der Waals surface area contributed by atoms with Gasteiger partial charge < -0.3 is 9.47 Å². The van der Waals surface area contributed by atoms with Crippen molar-refractivity contribution >= 4 is 23.5 Å². The largest absolute Gasteiger partial charge is 0.337 e. The highest BCUT2D eigenvalue weighted by atomic mass is 35.5. The second-order valence-corrected chi connectivity index (χ2v) is 5.54. The summed E-state index contributed by atoms with van der Waals surface area (Å²) in [6.07, 6.45) is 6.03. The third-order valence-corrected chi connectivity index (χ3v) is 3.83. The fraction of sp³-hybridized carbons (Fsp3) is 0.267. The Labute approximate surface area is 132 Å². The molecule has 0 saturated carbocycles. The smallest absolute Gasteiger partial charge is 0.325 e. The first kappa shape index (κ1) is 14.6. The number of hydrogen-bond donors (Lipinski definition) is 1. The lowest BCUT2D eigenvalue weighted by molar-refractivity contribution is -0.121. The average molecular weight is 319 g/mol. The molecule has 3 rings (SSSR count). The minimum Gasteiger partial charge on any atom is -0.337 e. The van der Waals surface area contributed by atoms with Gasteiger partial charge in [-0.1, -0.05) is 23.7 Å². The van der Waals surface area contributed by atoms with Gasteiger partial charge in [0.1, 0.15) is 6.04 Å². The number of aromatic nitrogens is 2. The van der Waals surface area contributed by atoms with Gasteiger partial charge in [-0.25, -0.2) is 9.78 Å². The van der Waals surface area contributed by atoms with E-state index >= 15 is 0 Å². The first-order valence-corrected chi connectivity index (χ1v) is 7.35. The van der Waals surface area contributed by atoms with Gasteiger partial charge in [0.2, 0.25) is 0 Å². The normalized spacial score (nSPS) is 17.9. The number of imide groups is 1. The molecule has 2 aromatic rings. The Morgan fingerprint density at radius 1 is 1.27 bits per heavy atom. The summed E-state index contributed by atoms with van der Waals surface area (Å²) in [5, 5.41) is 2.91. The van der Waals surface area contributed by atoms with Crippen LogP contribution in [0.1, 0.15) is 18.0 Å². The number of carbonyl (C=O) groups excluding carboxylic acids is 2. The number of imidazole rings is 1. The Kier molecular flexibility index (Phi) is 4.11. The molecule has 22 heavy (non-hydrogen) atoms. The maximum Gasteiger partial charge on any atom is 0.325 e. The molecule has 1 saturated heterocycles. The van der Waals surface area contributed by atoms with Crippen LogP contribution in [0.3, 0.4) is 0 Å². The molecular formula is C15H15ClN4O2. The molecule has 1 unspecified atom stereocenters. The molecule has 0 radical (unpaired) electrons. The molecule has 0 bridgehead atoms. The summed E-state index contributed by atoms with van der Waals surface area (Å²) in [4.78, 5) is 29.6. The van der Waals surface area contributed by atoms with Crippen molar-refractivity contribution in [2.24, 2.45) is 0 Å². The SMILES string of the molecule is O=C1NC(=O)N(CCCn2ccnc2)C1c1cccc(Cl)c1. The number of carbonyl (C=O) groups is 2. The van der Waals surface area contributed by atoms with Crippen molar-refractivity contribution in [1.82, 2.24) is 19.8 Å². The maximum absolute atomic E-state index is 12.1. The molecule has 1 N–H and O–H groups in total.